The predicted octanol–water partition coefficient (Wildman–Crippen LogP) is 2.97. The lowest BCUT2D eigenvalue weighted by Crippen LogP contribution is -2.25. The highest BCUT2D eigenvalue weighted by Gasteiger charge is 2.27. The lowest BCUT2D eigenvalue weighted by molar-refractivity contribution is 0.0959. The van der Waals surface area contributed by atoms with Crippen LogP contribution in [0.1, 0.15) is 51.9 Å². The topological polar surface area (TPSA) is 21.3 Å². The second-order valence-corrected chi connectivity index (χ2v) is 5.47. The quantitative estimate of drug-likeness (QED) is 0.750. The molecule has 2 fully saturated rings. The average molecular weight is 225 g/mol. The molecule has 0 bridgehead atoms. The van der Waals surface area contributed by atoms with Crippen molar-refractivity contribution in [3.63, 3.8) is 0 Å². The first-order valence-corrected chi connectivity index (χ1v) is 7.22. The van der Waals surface area contributed by atoms with E-state index in [1.54, 1.807) is 0 Å². The third-order valence-electron chi connectivity index (χ3n) is 4.36. The second-order valence-electron chi connectivity index (χ2n) is 5.47. The summed E-state index contributed by atoms with van der Waals surface area (Å²) >= 11 is 0. The van der Waals surface area contributed by atoms with Crippen LogP contribution >= 0.6 is 0 Å². The van der Waals surface area contributed by atoms with Crippen LogP contribution in [0.25, 0.3) is 0 Å². The van der Waals surface area contributed by atoms with Crippen molar-refractivity contribution in [1.29, 1.82) is 0 Å². The van der Waals surface area contributed by atoms with Crippen molar-refractivity contribution >= 4 is 0 Å². The largest absolute Gasteiger partial charge is 0.378 e. The lowest BCUT2D eigenvalue weighted by atomic mass is 9.90. The molecule has 0 spiro atoms. The third-order valence-corrected chi connectivity index (χ3v) is 4.36. The van der Waals surface area contributed by atoms with Crippen molar-refractivity contribution in [1.82, 2.24) is 5.32 Å². The monoisotopic (exact) mass is 225 g/mol. The molecule has 1 saturated heterocycles. The maximum Gasteiger partial charge on any atom is 0.0576 e. The SMILES string of the molecule is CCNCC1CCCC1CCC1CCCO1. The first-order valence-electron chi connectivity index (χ1n) is 7.22. The first kappa shape index (κ1) is 12.4. The van der Waals surface area contributed by atoms with Crippen LogP contribution in [0.15, 0.2) is 0 Å². The summed E-state index contributed by atoms with van der Waals surface area (Å²) < 4.78 is 5.71. The summed E-state index contributed by atoms with van der Waals surface area (Å²) in [5, 5.41) is 3.52. The van der Waals surface area contributed by atoms with Gasteiger partial charge in [0.05, 0.1) is 6.10 Å². The highest BCUT2D eigenvalue weighted by Crippen LogP contribution is 2.35. The number of nitrogens with one attached hydrogen (secondary N) is 1. The molecule has 2 heteroatoms. The molecule has 94 valence electrons. The van der Waals surface area contributed by atoms with Gasteiger partial charge in [-0.3, -0.25) is 0 Å². The first-order chi connectivity index (χ1) is 7.90. The summed E-state index contributed by atoms with van der Waals surface area (Å²) in [4.78, 5) is 0. The Labute approximate surface area is 100 Å². The molecule has 1 saturated carbocycles. The van der Waals surface area contributed by atoms with Crippen LogP contribution in [0.2, 0.25) is 0 Å². The Hall–Kier alpha value is -0.0800. The van der Waals surface area contributed by atoms with E-state index in [9.17, 15) is 0 Å². The molecule has 0 aromatic rings. The second kappa shape index (κ2) is 6.61. The van der Waals surface area contributed by atoms with Crippen LogP contribution in [0, 0.1) is 11.8 Å². The Morgan fingerprint density at radius 3 is 2.69 bits per heavy atom. The molecule has 0 amide bonds. The van der Waals surface area contributed by atoms with Gasteiger partial charge in [0.1, 0.15) is 0 Å². The lowest BCUT2D eigenvalue weighted by Gasteiger charge is -2.21. The van der Waals surface area contributed by atoms with Gasteiger partial charge in [-0.15, -0.1) is 0 Å². The molecular weight excluding hydrogens is 198 g/mol. The zero-order chi connectivity index (χ0) is 11.2. The number of hydrogen-bond acceptors (Lipinski definition) is 2. The van der Waals surface area contributed by atoms with Crippen LogP contribution in [0.4, 0.5) is 0 Å². The fraction of sp³-hybridized carbons (Fsp3) is 1.00. The molecule has 2 aliphatic rings. The molecule has 3 atom stereocenters. The van der Waals surface area contributed by atoms with Crippen molar-refractivity contribution in [3.8, 4) is 0 Å². The van der Waals surface area contributed by atoms with Gasteiger partial charge in [0.15, 0.2) is 0 Å². The van der Waals surface area contributed by atoms with Crippen LogP contribution in [-0.2, 0) is 4.74 Å². The van der Waals surface area contributed by atoms with E-state index < -0.39 is 0 Å². The minimum atomic E-state index is 0.598. The Morgan fingerprint density at radius 2 is 1.94 bits per heavy atom. The summed E-state index contributed by atoms with van der Waals surface area (Å²) in [7, 11) is 0. The highest BCUT2D eigenvalue weighted by atomic mass is 16.5. The van der Waals surface area contributed by atoms with Gasteiger partial charge in [0.2, 0.25) is 0 Å². The zero-order valence-corrected chi connectivity index (χ0v) is 10.7. The van der Waals surface area contributed by atoms with Gasteiger partial charge in [-0.1, -0.05) is 19.8 Å². The van der Waals surface area contributed by atoms with Crippen LogP contribution in [-0.4, -0.2) is 25.8 Å². The summed E-state index contributed by atoms with van der Waals surface area (Å²) in [5.74, 6) is 1.92. The van der Waals surface area contributed by atoms with E-state index in [-0.39, 0.29) is 0 Å². The molecule has 0 aromatic heterocycles. The van der Waals surface area contributed by atoms with Crippen molar-refractivity contribution in [2.45, 2.75) is 58.0 Å². The van der Waals surface area contributed by atoms with Gasteiger partial charge in [0, 0.05) is 6.61 Å². The highest BCUT2D eigenvalue weighted by molar-refractivity contribution is 4.80. The molecule has 2 rings (SSSR count). The Morgan fingerprint density at radius 1 is 1.06 bits per heavy atom. The fourth-order valence-corrected chi connectivity index (χ4v) is 3.36. The van der Waals surface area contributed by atoms with E-state index in [2.05, 4.69) is 12.2 Å². The molecule has 0 radical (unpaired) electrons. The van der Waals surface area contributed by atoms with Crippen molar-refractivity contribution < 1.29 is 4.74 Å². The minimum Gasteiger partial charge on any atom is -0.378 e. The molecule has 1 N–H and O–H groups in total. The smallest absolute Gasteiger partial charge is 0.0576 e. The fourth-order valence-electron chi connectivity index (χ4n) is 3.36. The van der Waals surface area contributed by atoms with Crippen molar-refractivity contribution in [3.05, 3.63) is 0 Å². The maximum atomic E-state index is 5.71. The molecule has 1 aliphatic heterocycles. The van der Waals surface area contributed by atoms with E-state index >= 15 is 0 Å². The van der Waals surface area contributed by atoms with Crippen molar-refractivity contribution in [2.75, 3.05) is 19.7 Å². The van der Waals surface area contributed by atoms with Gasteiger partial charge < -0.3 is 10.1 Å². The molecule has 1 heterocycles. The Kier molecular flexibility index (Phi) is 5.11. The molecule has 2 nitrogen and oxygen atoms in total. The minimum absolute atomic E-state index is 0.598. The van der Waals surface area contributed by atoms with Crippen LogP contribution in [0.5, 0.6) is 0 Å². The Bertz CT molecular complexity index is 189. The summed E-state index contributed by atoms with van der Waals surface area (Å²) in [6.07, 6.45) is 10.3. The standard InChI is InChI=1S/C14H27NO/c1-2-15-11-13-6-3-5-12(13)8-9-14-7-4-10-16-14/h12-15H,2-11H2,1H3. The number of rotatable bonds is 6. The summed E-state index contributed by atoms with van der Waals surface area (Å²) in [6, 6.07) is 0. The molecule has 3 unspecified atom stereocenters. The van der Waals surface area contributed by atoms with E-state index in [4.69, 9.17) is 4.74 Å². The van der Waals surface area contributed by atoms with Gasteiger partial charge in [-0.25, -0.2) is 0 Å². The number of ether oxygens (including phenoxy) is 1. The van der Waals surface area contributed by atoms with Crippen molar-refractivity contribution in [2.24, 2.45) is 11.8 Å². The van der Waals surface area contributed by atoms with E-state index in [0.717, 1.165) is 25.0 Å². The van der Waals surface area contributed by atoms with Gasteiger partial charge >= 0.3 is 0 Å². The number of hydrogen-bond donors (Lipinski definition) is 1. The van der Waals surface area contributed by atoms with Crippen LogP contribution in [0.3, 0.4) is 0 Å². The van der Waals surface area contributed by atoms with E-state index in [1.807, 2.05) is 0 Å². The van der Waals surface area contributed by atoms with Gasteiger partial charge in [0.25, 0.3) is 0 Å². The van der Waals surface area contributed by atoms with E-state index in [1.165, 1.54) is 51.5 Å². The molecular formula is C14H27NO. The summed E-state index contributed by atoms with van der Waals surface area (Å²) in [6.45, 7) is 5.58. The van der Waals surface area contributed by atoms with Crippen LogP contribution < -0.4 is 5.32 Å². The normalized spacial score (nSPS) is 34.7. The predicted molar refractivity (Wildman–Crippen MR) is 67.6 cm³/mol. The zero-order valence-electron chi connectivity index (χ0n) is 10.7. The average Bonchev–Trinajstić information content (AvgIpc) is 2.94. The summed E-state index contributed by atoms with van der Waals surface area (Å²) in [5.41, 5.74) is 0. The van der Waals surface area contributed by atoms with Gasteiger partial charge in [-0.2, -0.15) is 0 Å². The molecule has 0 aromatic carbocycles. The molecule has 16 heavy (non-hydrogen) atoms. The van der Waals surface area contributed by atoms with E-state index in [0.29, 0.717) is 6.10 Å². The Balaban J connectivity index is 1.66. The maximum absolute atomic E-state index is 5.71. The van der Waals surface area contributed by atoms with Gasteiger partial charge in [-0.05, 0) is 57.0 Å². The molecule has 1 aliphatic carbocycles. The third kappa shape index (κ3) is 3.46.